The molecule has 1 aromatic heterocycles. The molecule has 4 heteroatoms. The van der Waals surface area contributed by atoms with E-state index >= 15 is 0 Å². The Kier molecular flexibility index (Phi) is 5.02. The van der Waals surface area contributed by atoms with Crippen LogP contribution in [0.2, 0.25) is 0 Å². The van der Waals surface area contributed by atoms with Crippen LogP contribution in [0.3, 0.4) is 0 Å². The van der Waals surface area contributed by atoms with Crippen molar-refractivity contribution in [1.82, 2.24) is 10.2 Å². The monoisotopic (exact) mass is 266 g/mol. The summed E-state index contributed by atoms with van der Waals surface area (Å²) in [4.78, 5) is 2.44. The maximum absolute atomic E-state index is 5.80. The van der Waals surface area contributed by atoms with Crippen LogP contribution in [0, 0.1) is 13.8 Å². The molecule has 1 aliphatic rings. The summed E-state index contributed by atoms with van der Waals surface area (Å²) in [5.41, 5.74) is 1.25. The molecule has 0 aromatic carbocycles. The minimum Gasteiger partial charge on any atom is -0.466 e. The van der Waals surface area contributed by atoms with Crippen molar-refractivity contribution in [3.8, 4) is 0 Å². The molecule has 0 spiro atoms. The zero-order valence-electron chi connectivity index (χ0n) is 12.5. The summed E-state index contributed by atoms with van der Waals surface area (Å²) in [5.74, 6) is 1.99. The zero-order valence-corrected chi connectivity index (χ0v) is 12.5. The molecule has 19 heavy (non-hydrogen) atoms. The first-order valence-corrected chi connectivity index (χ1v) is 7.24. The smallest absolute Gasteiger partial charge is 0.105 e. The molecule has 2 atom stereocenters. The van der Waals surface area contributed by atoms with Crippen molar-refractivity contribution in [3.63, 3.8) is 0 Å². The Morgan fingerprint density at radius 2 is 2.26 bits per heavy atom. The summed E-state index contributed by atoms with van der Waals surface area (Å²) in [6.07, 6.45) is 0.296. The van der Waals surface area contributed by atoms with Gasteiger partial charge in [0.05, 0.1) is 12.7 Å². The fourth-order valence-corrected chi connectivity index (χ4v) is 2.69. The molecular formula is C15H26N2O2. The highest BCUT2D eigenvalue weighted by molar-refractivity contribution is 5.23. The highest BCUT2D eigenvalue weighted by Gasteiger charge is 2.20. The topological polar surface area (TPSA) is 37.6 Å². The van der Waals surface area contributed by atoms with Crippen molar-refractivity contribution in [2.24, 2.45) is 0 Å². The van der Waals surface area contributed by atoms with E-state index in [1.807, 2.05) is 13.8 Å². The van der Waals surface area contributed by atoms with E-state index < -0.39 is 0 Å². The first-order chi connectivity index (χ1) is 9.10. The Morgan fingerprint density at radius 3 is 2.89 bits per heavy atom. The number of furan rings is 1. The maximum Gasteiger partial charge on any atom is 0.105 e. The lowest BCUT2D eigenvalue weighted by Crippen LogP contribution is -2.46. The molecule has 0 saturated carbocycles. The third kappa shape index (κ3) is 3.81. The van der Waals surface area contributed by atoms with Gasteiger partial charge in [-0.1, -0.05) is 6.92 Å². The summed E-state index contributed by atoms with van der Waals surface area (Å²) in [6, 6.07) is 2.42. The Hall–Kier alpha value is -0.840. The number of ether oxygens (including phenoxy) is 1. The first-order valence-electron chi connectivity index (χ1n) is 7.24. The Labute approximate surface area is 116 Å². The van der Waals surface area contributed by atoms with Crippen LogP contribution in [0.15, 0.2) is 10.5 Å². The van der Waals surface area contributed by atoms with Crippen molar-refractivity contribution >= 4 is 0 Å². The minimum absolute atomic E-state index is 0.296. The average Bonchev–Trinajstić information content (AvgIpc) is 2.75. The lowest BCUT2D eigenvalue weighted by atomic mass is 10.1. The van der Waals surface area contributed by atoms with E-state index in [0.717, 1.165) is 44.3 Å². The van der Waals surface area contributed by atoms with Crippen LogP contribution in [0.25, 0.3) is 0 Å². The normalized spacial score (nSPS) is 22.6. The van der Waals surface area contributed by atoms with E-state index in [0.29, 0.717) is 12.1 Å². The van der Waals surface area contributed by atoms with Gasteiger partial charge in [-0.3, -0.25) is 4.90 Å². The van der Waals surface area contributed by atoms with E-state index in [1.165, 1.54) is 5.56 Å². The standard InChI is InChI=1S/C15H26N2O2/c1-5-17-6-7-18-14(10-17)9-16-12(3)15-8-11(2)19-13(15)4/h8,12,14,16H,5-7,9-10H2,1-4H3. The van der Waals surface area contributed by atoms with E-state index in [-0.39, 0.29) is 0 Å². The van der Waals surface area contributed by atoms with Gasteiger partial charge in [0.2, 0.25) is 0 Å². The molecule has 0 radical (unpaired) electrons. The molecule has 2 rings (SSSR count). The van der Waals surface area contributed by atoms with Crippen molar-refractivity contribution in [3.05, 3.63) is 23.2 Å². The first kappa shape index (κ1) is 14.6. The molecule has 2 heterocycles. The fraction of sp³-hybridized carbons (Fsp3) is 0.733. The van der Waals surface area contributed by atoms with Gasteiger partial charge in [0.15, 0.2) is 0 Å². The summed E-state index contributed by atoms with van der Waals surface area (Å²) < 4.78 is 11.4. The number of nitrogens with zero attached hydrogens (tertiary/aromatic N) is 1. The van der Waals surface area contributed by atoms with Gasteiger partial charge in [-0.25, -0.2) is 0 Å². The fourth-order valence-electron chi connectivity index (χ4n) is 2.69. The van der Waals surface area contributed by atoms with Crippen molar-refractivity contribution in [2.75, 3.05) is 32.8 Å². The van der Waals surface area contributed by atoms with Crippen LogP contribution in [-0.4, -0.2) is 43.8 Å². The van der Waals surface area contributed by atoms with Crippen LogP contribution < -0.4 is 5.32 Å². The lowest BCUT2D eigenvalue weighted by Gasteiger charge is -2.32. The minimum atomic E-state index is 0.296. The Balaban J connectivity index is 1.83. The summed E-state index contributed by atoms with van der Waals surface area (Å²) in [5, 5.41) is 3.56. The number of rotatable bonds is 5. The average molecular weight is 266 g/mol. The molecule has 1 aliphatic heterocycles. The molecule has 0 amide bonds. The van der Waals surface area contributed by atoms with Gasteiger partial charge in [-0.15, -0.1) is 0 Å². The molecule has 0 bridgehead atoms. The Morgan fingerprint density at radius 1 is 1.47 bits per heavy atom. The molecular weight excluding hydrogens is 240 g/mol. The van der Waals surface area contributed by atoms with Crippen LogP contribution >= 0.6 is 0 Å². The maximum atomic E-state index is 5.80. The van der Waals surface area contributed by atoms with E-state index in [1.54, 1.807) is 0 Å². The van der Waals surface area contributed by atoms with E-state index in [2.05, 4.69) is 30.1 Å². The third-order valence-corrected chi connectivity index (χ3v) is 3.87. The summed E-state index contributed by atoms with van der Waals surface area (Å²) in [7, 11) is 0. The van der Waals surface area contributed by atoms with Crippen LogP contribution in [-0.2, 0) is 4.74 Å². The Bertz CT molecular complexity index is 403. The SMILES string of the molecule is CCN1CCOC(CNC(C)c2cc(C)oc2C)C1. The molecule has 0 aliphatic carbocycles. The van der Waals surface area contributed by atoms with Crippen molar-refractivity contribution in [2.45, 2.75) is 39.8 Å². The number of likely N-dealkylation sites (N-methyl/N-ethyl adjacent to an activating group) is 1. The van der Waals surface area contributed by atoms with Gasteiger partial charge in [-0.2, -0.15) is 0 Å². The predicted octanol–water partition coefficient (Wildman–Crippen LogP) is 2.27. The number of morpholine rings is 1. The summed E-state index contributed by atoms with van der Waals surface area (Å²) in [6.45, 7) is 13.3. The molecule has 1 saturated heterocycles. The van der Waals surface area contributed by atoms with Gasteiger partial charge in [0.1, 0.15) is 11.5 Å². The lowest BCUT2D eigenvalue weighted by molar-refractivity contribution is -0.0262. The number of aryl methyl sites for hydroxylation is 2. The molecule has 2 unspecified atom stereocenters. The molecule has 1 fully saturated rings. The molecule has 108 valence electrons. The van der Waals surface area contributed by atoms with Gasteiger partial charge >= 0.3 is 0 Å². The summed E-state index contributed by atoms with van der Waals surface area (Å²) >= 11 is 0. The second-order valence-corrected chi connectivity index (χ2v) is 5.38. The zero-order chi connectivity index (χ0) is 13.8. The molecule has 1 N–H and O–H groups in total. The van der Waals surface area contributed by atoms with Gasteiger partial charge < -0.3 is 14.5 Å². The van der Waals surface area contributed by atoms with Gasteiger partial charge in [0, 0.05) is 31.2 Å². The highest BCUT2D eigenvalue weighted by atomic mass is 16.5. The van der Waals surface area contributed by atoms with Crippen LogP contribution in [0.5, 0.6) is 0 Å². The van der Waals surface area contributed by atoms with Crippen molar-refractivity contribution < 1.29 is 9.15 Å². The largest absolute Gasteiger partial charge is 0.466 e. The van der Waals surface area contributed by atoms with Crippen LogP contribution in [0.4, 0.5) is 0 Å². The number of nitrogens with one attached hydrogen (secondary N) is 1. The number of hydrogen-bond donors (Lipinski definition) is 1. The van der Waals surface area contributed by atoms with Gasteiger partial charge in [0.25, 0.3) is 0 Å². The van der Waals surface area contributed by atoms with Crippen LogP contribution in [0.1, 0.15) is 37.0 Å². The quantitative estimate of drug-likeness (QED) is 0.887. The third-order valence-electron chi connectivity index (χ3n) is 3.87. The molecule has 1 aromatic rings. The second-order valence-electron chi connectivity index (χ2n) is 5.38. The van der Waals surface area contributed by atoms with E-state index in [4.69, 9.17) is 9.15 Å². The number of hydrogen-bond acceptors (Lipinski definition) is 4. The second kappa shape index (κ2) is 6.55. The van der Waals surface area contributed by atoms with E-state index in [9.17, 15) is 0 Å². The van der Waals surface area contributed by atoms with Gasteiger partial charge in [-0.05, 0) is 33.4 Å². The molecule has 4 nitrogen and oxygen atoms in total. The predicted molar refractivity (Wildman–Crippen MR) is 76.5 cm³/mol. The van der Waals surface area contributed by atoms with Crippen molar-refractivity contribution in [1.29, 1.82) is 0 Å². The highest BCUT2D eigenvalue weighted by Crippen LogP contribution is 2.21.